The lowest BCUT2D eigenvalue weighted by Gasteiger charge is -2.29. The van der Waals surface area contributed by atoms with Crippen LogP contribution in [0.1, 0.15) is 50.5 Å². The van der Waals surface area contributed by atoms with Gasteiger partial charge in [0.1, 0.15) is 0 Å². The summed E-state index contributed by atoms with van der Waals surface area (Å²) in [6, 6.07) is 6.03. The lowest BCUT2D eigenvalue weighted by Crippen LogP contribution is -2.45. The summed E-state index contributed by atoms with van der Waals surface area (Å²) in [6.07, 6.45) is 7.24. The molecule has 0 aliphatic carbocycles. The minimum absolute atomic E-state index is 0.0195. The number of benzene rings is 1. The number of aliphatic hydroxyl groups excluding tert-OH is 1. The first-order valence-corrected chi connectivity index (χ1v) is 9.29. The van der Waals surface area contributed by atoms with Crippen molar-refractivity contribution in [2.75, 3.05) is 24.7 Å². The van der Waals surface area contributed by atoms with E-state index in [-0.39, 0.29) is 12.3 Å². The minimum Gasteiger partial charge on any atom is -0.396 e. The highest BCUT2D eigenvalue weighted by Crippen LogP contribution is 2.17. The molecular formula is C20H27N3O2. The van der Waals surface area contributed by atoms with Gasteiger partial charge in [0.2, 0.25) is 0 Å². The highest BCUT2D eigenvalue weighted by molar-refractivity contribution is 5.78. The summed E-state index contributed by atoms with van der Waals surface area (Å²) in [5.41, 5.74) is 2.86. The summed E-state index contributed by atoms with van der Waals surface area (Å²) in [5.74, 6) is 6.39. The predicted molar refractivity (Wildman–Crippen MR) is 101 cm³/mol. The van der Waals surface area contributed by atoms with E-state index in [0.717, 1.165) is 68.2 Å². The van der Waals surface area contributed by atoms with E-state index in [0.29, 0.717) is 0 Å². The Hall–Kier alpha value is -2.19. The molecule has 25 heavy (non-hydrogen) atoms. The molecule has 2 heterocycles. The van der Waals surface area contributed by atoms with E-state index in [4.69, 9.17) is 5.11 Å². The fraction of sp³-hybridized carbons (Fsp3) is 0.550. The Kier molecular flexibility index (Phi) is 5.83. The van der Waals surface area contributed by atoms with Gasteiger partial charge in [-0.3, -0.25) is 4.57 Å². The van der Waals surface area contributed by atoms with Gasteiger partial charge in [0, 0.05) is 38.7 Å². The Morgan fingerprint density at radius 1 is 1.08 bits per heavy atom. The monoisotopic (exact) mass is 341 g/mol. The van der Waals surface area contributed by atoms with Gasteiger partial charge in [-0.2, -0.15) is 0 Å². The molecule has 0 atom stereocenters. The van der Waals surface area contributed by atoms with Crippen LogP contribution in [0, 0.1) is 11.8 Å². The SMILES string of the molecule is Cn1c(=O)n(N2CCCCC2)c2ccc(C#CCCCCCO)cc21. The van der Waals surface area contributed by atoms with Crippen LogP contribution < -0.4 is 10.7 Å². The Bertz CT molecular complexity index is 832. The maximum Gasteiger partial charge on any atom is 0.347 e. The van der Waals surface area contributed by atoms with Gasteiger partial charge in [0.25, 0.3) is 0 Å². The molecular weight excluding hydrogens is 314 g/mol. The minimum atomic E-state index is 0.0195. The maximum atomic E-state index is 12.7. The molecule has 1 N–H and O–H groups in total. The van der Waals surface area contributed by atoms with E-state index in [1.54, 1.807) is 4.57 Å². The molecule has 0 saturated carbocycles. The predicted octanol–water partition coefficient (Wildman–Crippen LogP) is 2.37. The topological polar surface area (TPSA) is 50.4 Å². The third-order valence-corrected chi connectivity index (χ3v) is 4.84. The van der Waals surface area contributed by atoms with Gasteiger partial charge in [-0.05, 0) is 50.3 Å². The average Bonchev–Trinajstić information content (AvgIpc) is 2.89. The Morgan fingerprint density at radius 3 is 2.64 bits per heavy atom. The molecule has 1 aliphatic heterocycles. The molecule has 2 aromatic rings. The first-order valence-electron chi connectivity index (χ1n) is 9.29. The van der Waals surface area contributed by atoms with E-state index in [1.807, 2.05) is 29.9 Å². The number of hydrogen-bond acceptors (Lipinski definition) is 3. The number of unbranched alkanes of at least 4 members (excludes halogenated alkanes) is 3. The van der Waals surface area contributed by atoms with Crippen molar-refractivity contribution in [3.05, 3.63) is 34.2 Å². The van der Waals surface area contributed by atoms with Gasteiger partial charge in [-0.1, -0.05) is 18.3 Å². The molecule has 0 unspecified atom stereocenters. The van der Waals surface area contributed by atoms with E-state index in [2.05, 4.69) is 16.8 Å². The van der Waals surface area contributed by atoms with Crippen molar-refractivity contribution in [3.8, 4) is 11.8 Å². The Labute approximate surface area is 148 Å². The molecule has 0 spiro atoms. The number of piperidine rings is 1. The van der Waals surface area contributed by atoms with E-state index in [9.17, 15) is 4.79 Å². The van der Waals surface area contributed by atoms with Crippen LogP contribution in [0.5, 0.6) is 0 Å². The van der Waals surface area contributed by atoms with Crippen LogP contribution >= 0.6 is 0 Å². The number of rotatable bonds is 5. The van der Waals surface area contributed by atoms with Gasteiger partial charge in [-0.25, -0.2) is 9.47 Å². The smallest absolute Gasteiger partial charge is 0.347 e. The third-order valence-electron chi connectivity index (χ3n) is 4.84. The summed E-state index contributed by atoms with van der Waals surface area (Å²) in [6.45, 7) is 2.13. The molecule has 0 amide bonds. The van der Waals surface area contributed by atoms with Crippen LogP contribution in [0.2, 0.25) is 0 Å². The summed E-state index contributed by atoms with van der Waals surface area (Å²) in [5, 5.41) is 10.9. The number of aromatic nitrogens is 2. The fourth-order valence-corrected chi connectivity index (χ4v) is 3.41. The van der Waals surface area contributed by atoms with Crippen molar-refractivity contribution < 1.29 is 5.11 Å². The molecule has 1 saturated heterocycles. The van der Waals surface area contributed by atoms with Gasteiger partial charge in [0.15, 0.2) is 0 Å². The highest BCUT2D eigenvalue weighted by Gasteiger charge is 2.18. The lowest BCUT2D eigenvalue weighted by molar-refractivity contribution is 0.283. The number of hydrogen-bond donors (Lipinski definition) is 1. The zero-order valence-electron chi connectivity index (χ0n) is 15.0. The van der Waals surface area contributed by atoms with Crippen molar-refractivity contribution in [1.82, 2.24) is 9.24 Å². The van der Waals surface area contributed by atoms with Crippen molar-refractivity contribution in [3.63, 3.8) is 0 Å². The second-order valence-electron chi connectivity index (χ2n) is 6.71. The van der Waals surface area contributed by atoms with Gasteiger partial charge < -0.3 is 10.1 Å². The second-order valence-corrected chi connectivity index (χ2v) is 6.71. The van der Waals surface area contributed by atoms with Crippen molar-refractivity contribution in [2.45, 2.75) is 44.9 Å². The molecule has 1 aliphatic rings. The van der Waals surface area contributed by atoms with Crippen LogP contribution in [0.4, 0.5) is 0 Å². The number of fused-ring (bicyclic) bond motifs is 1. The maximum absolute atomic E-state index is 12.7. The lowest BCUT2D eigenvalue weighted by atomic mass is 10.1. The molecule has 3 rings (SSSR count). The molecule has 1 aromatic heterocycles. The Balaban J connectivity index is 1.82. The van der Waals surface area contributed by atoms with Crippen molar-refractivity contribution in [2.24, 2.45) is 7.05 Å². The van der Waals surface area contributed by atoms with Gasteiger partial charge in [0.05, 0.1) is 11.0 Å². The summed E-state index contributed by atoms with van der Waals surface area (Å²) < 4.78 is 3.55. The normalized spacial score (nSPS) is 14.6. The largest absolute Gasteiger partial charge is 0.396 e. The van der Waals surface area contributed by atoms with E-state index in [1.165, 1.54) is 6.42 Å². The fourth-order valence-electron chi connectivity index (χ4n) is 3.41. The molecule has 1 aromatic carbocycles. The molecule has 0 radical (unpaired) electrons. The van der Waals surface area contributed by atoms with Crippen LogP contribution in [0.3, 0.4) is 0 Å². The summed E-state index contributed by atoms with van der Waals surface area (Å²) >= 11 is 0. The van der Waals surface area contributed by atoms with Crippen LogP contribution in [-0.4, -0.2) is 34.0 Å². The highest BCUT2D eigenvalue weighted by atomic mass is 16.2. The molecule has 1 fully saturated rings. The first-order chi connectivity index (χ1) is 12.2. The van der Waals surface area contributed by atoms with Crippen LogP contribution in [0.15, 0.2) is 23.0 Å². The number of imidazole rings is 1. The molecule has 134 valence electrons. The molecule has 5 heteroatoms. The van der Waals surface area contributed by atoms with Gasteiger partial charge >= 0.3 is 5.69 Å². The van der Waals surface area contributed by atoms with Crippen LogP contribution in [-0.2, 0) is 7.05 Å². The standard InChI is InChI=1S/C20H27N3O2/c1-21-19-16-17(10-6-3-2-4-9-15-24)11-12-18(19)23(20(21)25)22-13-7-5-8-14-22/h11-12,16,24H,2-5,7-9,13-15H2,1H3. The van der Waals surface area contributed by atoms with Crippen molar-refractivity contribution in [1.29, 1.82) is 0 Å². The zero-order valence-corrected chi connectivity index (χ0v) is 15.0. The van der Waals surface area contributed by atoms with Crippen molar-refractivity contribution >= 4 is 11.0 Å². The quantitative estimate of drug-likeness (QED) is 0.671. The first kappa shape index (κ1) is 17.6. The van der Waals surface area contributed by atoms with Crippen LogP contribution in [0.25, 0.3) is 11.0 Å². The van der Waals surface area contributed by atoms with E-state index < -0.39 is 0 Å². The number of nitrogens with zero attached hydrogens (tertiary/aromatic N) is 3. The Morgan fingerprint density at radius 2 is 1.88 bits per heavy atom. The average molecular weight is 341 g/mol. The van der Waals surface area contributed by atoms with Gasteiger partial charge in [-0.15, -0.1) is 0 Å². The molecule has 5 nitrogen and oxygen atoms in total. The summed E-state index contributed by atoms with van der Waals surface area (Å²) in [4.78, 5) is 12.7. The van der Waals surface area contributed by atoms with E-state index >= 15 is 0 Å². The number of aliphatic hydroxyl groups is 1. The molecule has 0 bridgehead atoms. The number of aryl methyl sites for hydroxylation is 1. The zero-order chi connectivity index (χ0) is 17.6. The summed E-state index contributed by atoms with van der Waals surface area (Å²) in [7, 11) is 1.83. The third kappa shape index (κ3) is 3.91. The second kappa shape index (κ2) is 8.26.